The summed E-state index contributed by atoms with van der Waals surface area (Å²) in [7, 11) is 0. The second kappa shape index (κ2) is 5.76. The van der Waals surface area contributed by atoms with Crippen molar-refractivity contribution < 1.29 is 9.47 Å². The molecule has 1 aliphatic carbocycles. The maximum absolute atomic E-state index is 5.94. The molecule has 2 aromatic rings. The number of ether oxygens (including phenoxy) is 2. The van der Waals surface area contributed by atoms with E-state index in [9.17, 15) is 0 Å². The van der Waals surface area contributed by atoms with E-state index in [0.29, 0.717) is 18.2 Å². The van der Waals surface area contributed by atoms with Gasteiger partial charge in [-0.05, 0) is 37.1 Å². The van der Waals surface area contributed by atoms with Crippen molar-refractivity contribution in [2.45, 2.75) is 12.8 Å². The highest BCUT2D eigenvalue weighted by Crippen LogP contribution is 2.46. The van der Waals surface area contributed by atoms with Crippen LogP contribution in [0.4, 0.5) is 0 Å². The average Bonchev–Trinajstić information content (AvgIpc) is 3.25. The van der Waals surface area contributed by atoms with Crippen LogP contribution < -0.4 is 9.47 Å². The van der Waals surface area contributed by atoms with E-state index in [1.807, 2.05) is 48.5 Å². The highest BCUT2D eigenvalue weighted by atomic mass is 35.5. The van der Waals surface area contributed by atoms with Gasteiger partial charge in [-0.15, -0.1) is 0 Å². The van der Waals surface area contributed by atoms with Gasteiger partial charge in [-0.3, -0.25) is 0 Å². The molecule has 0 heterocycles. The Morgan fingerprint density at radius 1 is 1.05 bits per heavy atom. The van der Waals surface area contributed by atoms with E-state index in [2.05, 4.69) is 6.07 Å². The molecular weight excluding hydrogens is 272 g/mol. The summed E-state index contributed by atoms with van der Waals surface area (Å²) in [6.07, 6.45) is 2.28. The molecule has 0 atom stereocenters. The van der Waals surface area contributed by atoms with Crippen LogP contribution in [-0.2, 0) is 0 Å². The Morgan fingerprint density at radius 3 is 2.60 bits per heavy atom. The minimum atomic E-state index is 0.145. The predicted molar refractivity (Wildman–Crippen MR) is 79.4 cm³/mol. The normalized spacial score (nSPS) is 15.7. The van der Waals surface area contributed by atoms with Gasteiger partial charge < -0.3 is 9.47 Å². The SMILES string of the molecule is Clc1cccc(OCC2(COc3[c]cccc3)CC2)c1. The third-order valence-electron chi connectivity index (χ3n) is 3.51. The second-order valence-electron chi connectivity index (χ2n) is 5.26. The Morgan fingerprint density at radius 2 is 1.90 bits per heavy atom. The number of para-hydroxylation sites is 1. The predicted octanol–water partition coefficient (Wildman–Crippen LogP) is 4.38. The van der Waals surface area contributed by atoms with Gasteiger partial charge in [-0.1, -0.05) is 35.9 Å². The van der Waals surface area contributed by atoms with Crippen molar-refractivity contribution in [3.05, 3.63) is 59.6 Å². The summed E-state index contributed by atoms with van der Waals surface area (Å²) in [5, 5.41) is 0.697. The summed E-state index contributed by atoms with van der Waals surface area (Å²) in [5.74, 6) is 1.61. The highest BCUT2D eigenvalue weighted by molar-refractivity contribution is 6.30. The van der Waals surface area contributed by atoms with Crippen molar-refractivity contribution >= 4 is 11.6 Å². The van der Waals surface area contributed by atoms with Crippen LogP contribution >= 0.6 is 11.6 Å². The molecule has 1 radical (unpaired) electrons. The number of benzene rings is 2. The molecule has 0 unspecified atom stereocenters. The summed E-state index contributed by atoms with van der Waals surface area (Å²) in [6, 6.07) is 18.2. The van der Waals surface area contributed by atoms with E-state index in [0.717, 1.165) is 24.3 Å². The summed E-state index contributed by atoms with van der Waals surface area (Å²) >= 11 is 5.94. The molecule has 3 rings (SSSR count). The maximum Gasteiger partial charge on any atom is 0.127 e. The molecule has 0 spiro atoms. The van der Waals surface area contributed by atoms with Crippen molar-refractivity contribution in [3.8, 4) is 11.5 Å². The molecule has 0 N–H and O–H groups in total. The molecule has 1 fully saturated rings. The van der Waals surface area contributed by atoms with E-state index in [1.165, 1.54) is 0 Å². The van der Waals surface area contributed by atoms with Crippen LogP contribution in [0.5, 0.6) is 11.5 Å². The number of hydrogen-bond donors (Lipinski definition) is 0. The van der Waals surface area contributed by atoms with E-state index < -0.39 is 0 Å². The Kier molecular flexibility index (Phi) is 3.83. The fraction of sp³-hybridized carbons (Fsp3) is 0.294. The van der Waals surface area contributed by atoms with Crippen LogP contribution in [0.3, 0.4) is 0 Å². The number of hydrogen-bond acceptors (Lipinski definition) is 2. The first kappa shape index (κ1) is 13.3. The van der Waals surface area contributed by atoms with Crippen LogP contribution in [-0.4, -0.2) is 13.2 Å². The van der Waals surface area contributed by atoms with Crippen molar-refractivity contribution in [1.29, 1.82) is 0 Å². The van der Waals surface area contributed by atoms with Gasteiger partial charge in [0, 0.05) is 16.5 Å². The van der Waals surface area contributed by atoms with Crippen LogP contribution in [0.15, 0.2) is 48.5 Å². The van der Waals surface area contributed by atoms with Gasteiger partial charge in [-0.2, -0.15) is 0 Å². The van der Waals surface area contributed by atoms with Crippen LogP contribution in [0.1, 0.15) is 12.8 Å². The molecular formula is C17H16ClO2. The first-order valence-electron chi connectivity index (χ1n) is 6.74. The quantitative estimate of drug-likeness (QED) is 0.785. The molecule has 0 bridgehead atoms. The molecule has 3 heteroatoms. The average molecular weight is 288 g/mol. The van der Waals surface area contributed by atoms with E-state index in [4.69, 9.17) is 21.1 Å². The minimum absolute atomic E-state index is 0.145. The van der Waals surface area contributed by atoms with Gasteiger partial charge >= 0.3 is 0 Å². The topological polar surface area (TPSA) is 18.5 Å². The van der Waals surface area contributed by atoms with Gasteiger partial charge in [-0.25, -0.2) is 0 Å². The summed E-state index contributed by atoms with van der Waals surface area (Å²) in [4.78, 5) is 0. The van der Waals surface area contributed by atoms with Crippen molar-refractivity contribution in [1.82, 2.24) is 0 Å². The second-order valence-corrected chi connectivity index (χ2v) is 5.70. The molecule has 0 amide bonds. The molecule has 1 saturated carbocycles. The molecule has 0 aromatic heterocycles. The highest BCUT2D eigenvalue weighted by Gasteiger charge is 2.44. The summed E-state index contributed by atoms with van der Waals surface area (Å²) < 4.78 is 11.6. The van der Waals surface area contributed by atoms with Crippen LogP contribution in [0.25, 0.3) is 0 Å². The Hall–Kier alpha value is -1.67. The van der Waals surface area contributed by atoms with E-state index in [-0.39, 0.29) is 5.41 Å². The van der Waals surface area contributed by atoms with Gasteiger partial charge in [0.05, 0.1) is 13.2 Å². The lowest BCUT2D eigenvalue weighted by molar-refractivity contribution is 0.160. The monoisotopic (exact) mass is 287 g/mol. The molecule has 2 aromatic carbocycles. The lowest BCUT2D eigenvalue weighted by Crippen LogP contribution is -2.21. The fourth-order valence-corrected chi connectivity index (χ4v) is 2.18. The van der Waals surface area contributed by atoms with Gasteiger partial charge in [0.1, 0.15) is 11.5 Å². The summed E-state index contributed by atoms with van der Waals surface area (Å²) in [5.41, 5.74) is 0.145. The molecule has 2 nitrogen and oxygen atoms in total. The van der Waals surface area contributed by atoms with E-state index >= 15 is 0 Å². The first-order valence-corrected chi connectivity index (χ1v) is 7.12. The van der Waals surface area contributed by atoms with Gasteiger partial charge in [0.15, 0.2) is 0 Å². The van der Waals surface area contributed by atoms with Crippen molar-refractivity contribution in [3.63, 3.8) is 0 Å². The maximum atomic E-state index is 5.94. The third kappa shape index (κ3) is 3.45. The van der Waals surface area contributed by atoms with Crippen LogP contribution in [0, 0.1) is 11.5 Å². The molecule has 0 aliphatic heterocycles. The third-order valence-corrected chi connectivity index (χ3v) is 3.75. The lowest BCUT2D eigenvalue weighted by Gasteiger charge is -2.17. The molecule has 103 valence electrons. The smallest absolute Gasteiger partial charge is 0.127 e. The zero-order valence-corrected chi connectivity index (χ0v) is 11.9. The first-order chi connectivity index (χ1) is 9.76. The zero-order valence-electron chi connectivity index (χ0n) is 11.1. The molecule has 0 saturated heterocycles. The Bertz CT molecular complexity index is 564. The number of halogens is 1. The number of rotatable bonds is 6. The fourth-order valence-electron chi connectivity index (χ4n) is 2.00. The van der Waals surface area contributed by atoms with Crippen LogP contribution in [0.2, 0.25) is 5.02 Å². The zero-order chi connectivity index (χ0) is 13.8. The largest absolute Gasteiger partial charge is 0.493 e. The molecule has 1 aliphatic rings. The van der Waals surface area contributed by atoms with Crippen molar-refractivity contribution in [2.75, 3.05) is 13.2 Å². The minimum Gasteiger partial charge on any atom is -0.493 e. The molecule has 20 heavy (non-hydrogen) atoms. The Labute approximate surface area is 124 Å². The van der Waals surface area contributed by atoms with Gasteiger partial charge in [0.2, 0.25) is 0 Å². The summed E-state index contributed by atoms with van der Waals surface area (Å²) in [6.45, 7) is 1.34. The van der Waals surface area contributed by atoms with Crippen molar-refractivity contribution in [2.24, 2.45) is 5.41 Å². The lowest BCUT2D eigenvalue weighted by atomic mass is 10.1. The Balaban J connectivity index is 1.52. The standard InChI is InChI=1S/C17H16ClO2/c18-14-5-4-8-16(11-14)20-13-17(9-10-17)12-19-15-6-2-1-3-7-15/h1-6,8,11H,9-10,12-13H2. The van der Waals surface area contributed by atoms with Gasteiger partial charge in [0.25, 0.3) is 0 Å². The van der Waals surface area contributed by atoms with E-state index in [1.54, 1.807) is 0 Å².